The van der Waals surface area contributed by atoms with Gasteiger partial charge in [-0.2, -0.15) is 13.2 Å². The Kier molecular flexibility index (Phi) is 9.65. The molecular formula is C18H29F3IN5. The Labute approximate surface area is 176 Å². The number of alkyl halides is 3. The molecule has 0 aromatic heterocycles. The molecule has 1 aromatic rings. The number of piperazine rings is 1. The van der Waals surface area contributed by atoms with Gasteiger partial charge < -0.3 is 16.0 Å². The molecule has 154 valence electrons. The maximum Gasteiger partial charge on any atom is 0.416 e. The highest BCUT2D eigenvalue weighted by molar-refractivity contribution is 14.0. The minimum atomic E-state index is -4.30. The summed E-state index contributed by atoms with van der Waals surface area (Å²) in [5.74, 6) is 0.467. The van der Waals surface area contributed by atoms with Crippen molar-refractivity contribution in [2.45, 2.75) is 32.5 Å². The van der Waals surface area contributed by atoms with E-state index in [9.17, 15) is 13.2 Å². The normalized spacial score (nSPS) is 16.4. The van der Waals surface area contributed by atoms with E-state index in [-0.39, 0.29) is 30.0 Å². The fourth-order valence-corrected chi connectivity index (χ4v) is 2.94. The summed E-state index contributed by atoms with van der Waals surface area (Å²) in [6, 6.07) is 5.82. The van der Waals surface area contributed by atoms with Crippen molar-refractivity contribution < 1.29 is 13.2 Å². The standard InChI is InChI=1S/C18H28F3N5.HI/c1-14(2)24-17(22)23-7-4-8-25-9-11-26(12-10-25)16-6-3-5-15(13-16)18(19,20)21;/h3,5-6,13-14H,4,7-12H2,1-2H3,(H3,22,23,24);1H. The van der Waals surface area contributed by atoms with Gasteiger partial charge in [-0.05, 0) is 38.5 Å². The highest BCUT2D eigenvalue weighted by Gasteiger charge is 2.31. The number of hydrogen-bond acceptors (Lipinski definition) is 3. The molecule has 0 saturated carbocycles. The van der Waals surface area contributed by atoms with Gasteiger partial charge in [-0.1, -0.05) is 6.07 Å². The van der Waals surface area contributed by atoms with E-state index in [4.69, 9.17) is 5.73 Å². The molecule has 3 N–H and O–H groups in total. The average molecular weight is 499 g/mol. The molecule has 0 aliphatic carbocycles. The van der Waals surface area contributed by atoms with Crippen molar-refractivity contribution in [1.82, 2.24) is 10.2 Å². The molecule has 2 rings (SSSR count). The van der Waals surface area contributed by atoms with Crippen LogP contribution in [-0.4, -0.2) is 56.2 Å². The summed E-state index contributed by atoms with van der Waals surface area (Å²) in [6.45, 7) is 8.70. The maximum absolute atomic E-state index is 12.8. The van der Waals surface area contributed by atoms with Crippen molar-refractivity contribution in [2.75, 3.05) is 44.2 Å². The van der Waals surface area contributed by atoms with Crippen molar-refractivity contribution in [3.63, 3.8) is 0 Å². The fraction of sp³-hybridized carbons (Fsp3) is 0.611. The van der Waals surface area contributed by atoms with Gasteiger partial charge in [0, 0.05) is 51.0 Å². The fourth-order valence-electron chi connectivity index (χ4n) is 2.94. The molecule has 5 nitrogen and oxygen atoms in total. The Morgan fingerprint density at radius 1 is 1.22 bits per heavy atom. The molecular weight excluding hydrogens is 470 g/mol. The zero-order chi connectivity index (χ0) is 19.2. The van der Waals surface area contributed by atoms with Gasteiger partial charge in [0.2, 0.25) is 0 Å². The average Bonchev–Trinajstić information content (AvgIpc) is 2.58. The van der Waals surface area contributed by atoms with Crippen molar-refractivity contribution in [3.05, 3.63) is 29.8 Å². The summed E-state index contributed by atoms with van der Waals surface area (Å²) < 4.78 is 38.5. The number of hydrogen-bond donors (Lipinski definition) is 2. The predicted octanol–water partition coefficient (Wildman–Crippen LogP) is 3.15. The van der Waals surface area contributed by atoms with Crippen LogP contribution in [0.2, 0.25) is 0 Å². The van der Waals surface area contributed by atoms with Crippen molar-refractivity contribution in [1.29, 1.82) is 0 Å². The van der Waals surface area contributed by atoms with Crippen LogP contribution in [0.1, 0.15) is 25.8 Å². The van der Waals surface area contributed by atoms with E-state index in [1.165, 1.54) is 12.1 Å². The number of nitrogens with two attached hydrogens (primary N) is 1. The molecule has 1 aliphatic rings. The lowest BCUT2D eigenvalue weighted by molar-refractivity contribution is -0.137. The van der Waals surface area contributed by atoms with Crippen LogP contribution in [0.4, 0.5) is 18.9 Å². The Morgan fingerprint density at radius 3 is 2.48 bits per heavy atom. The second kappa shape index (κ2) is 10.9. The van der Waals surface area contributed by atoms with Gasteiger partial charge in [-0.25, -0.2) is 0 Å². The lowest BCUT2D eigenvalue weighted by Gasteiger charge is -2.36. The van der Waals surface area contributed by atoms with Gasteiger partial charge >= 0.3 is 6.18 Å². The van der Waals surface area contributed by atoms with Crippen molar-refractivity contribution in [3.8, 4) is 0 Å². The summed E-state index contributed by atoms with van der Waals surface area (Å²) in [5.41, 5.74) is 5.80. The number of nitrogens with zero attached hydrogens (tertiary/aromatic N) is 3. The third-order valence-corrected chi connectivity index (χ3v) is 4.26. The van der Waals surface area contributed by atoms with Crippen LogP contribution in [0.15, 0.2) is 29.3 Å². The van der Waals surface area contributed by atoms with Crippen LogP contribution in [0.3, 0.4) is 0 Å². The quantitative estimate of drug-likeness (QED) is 0.274. The molecule has 0 bridgehead atoms. The van der Waals surface area contributed by atoms with Crippen molar-refractivity contribution in [2.24, 2.45) is 10.7 Å². The van der Waals surface area contributed by atoms with Gasteiger partial charge in [0.05, 0.1) is 5.56 Å². The van der Waals surface area contributed by atoms with Crippen LogP contribution in [0.25, 0.3) is 0 Å². The molecule has 1 heterocycles. The molecule has 0 spiro atoms. The SMILES string of the molecule is CC(C)NC(N)=NCCCN1CCN(c2cccc(C(F)(F)F)c2)CC1.I. The van der Waals surface area contributed by atoms with Gasteiger partial charge in [0.25, 0.3) is 0 Å². The molecule has 0 radical (unpaired) electrons. The number of halogens is 4. The molecule has 0 atom stereocenters. The summed E-state index contributed by atoms with van der Waals surface area (Å²) in [6.07, 6.45) is -3.39. The topological polar surface area (TPSA) is 56.9 Å². The minimum absolute atomic E-state index is 0. The van der Waals surface area contributed by atoms with Crippen LogP contribution in [0.5, 0.6) is 0 Å². The monoisotopic (exact) mass is 499 g/mol. The first kappa shape index (κ1) is 23.8. The van der Waals surface area contributed by atoms with Gasteiger partial charge in [0.1, 0.15) is 0 Å². The third kappa shape index (κ3) is 8.12. The molecule has 1 fully saturated rings. The van der Waals surface area contributed by atoms with E-state index in [0.29, 0.717) is 18.2 Å². The van der Waals surface area contributed by atoms with Crippen LogP contribution in [0, 0.1) is 0 Å². The number of aliphatic imine (C=N–C) groups is 1. The van der Waals surface area contributed by atoms with E-state index >= 15 is 0 Å². The summed E-state index contributed by atoms with van der Waals surface area (Å²) in [7, 11) is 0. The second-order valence-corrected chi connectivity index (χ2v) is 6.80. The maximum atomic E-state index is 12.8. The van der Waals surface area contributed by atoms with E-state index in [1.54, 1.807) is 6.07 Å². The van der Waals surface area contributed by atoms with E-state index < -0.39 is 11.7 Å². The highest BCUT2D eigenvalue weighted by atomic mass is 127. The predicted molar refractivity (Wildman–Crippen MR) is 115 cm³/mol. The Morgan fingerprint density at radius 2 is 1.89 bits per heavy atom. The van der Waals surface area contributed by atoms with Crippen LogP contribution in [-0.2, 0) is 6.18 Å². The molecule has 1 aromatic carbocycles. The van der Waals surface area contributed by atoms with Crippen LogP contribution < -0.4 is 16.0 Å². The number of nitrogens with one attached hydrogen (secondary N) is 1. The summed E-state index contributed by atoms with van der Waals surface area (Å²) in [5, 5.41) is 3.05. The first-order valence-corrected chi connectivity index (χ1v) is 8.96. The number of guanidine groups is 1. The van der Waals surface area contributed by atoms with E-state index in [2.05, 4.69) is 15.2 Å². The van der Waals surface area contributed by atoms with Gasteiger partial charge in [-0.3, -0.25) is 9.89 Å². The zero-order valence-electron chi connectivity index (χ0n) is 15.8. The van der Waals surface area contributed by atoms with E-state index in [1.807, 2.05) is 18.7 Å². The zero-order valence-corrected chi connectivity index (χ0v) is 18.1. The van der Waals surface area contributed by atoms with Gasteiger partial charge in [-0.15, -0.1) is 24.0 Å². The van der Waals surface area contributed by atoms with Crippen molar-refractivity contribution >= 4 is 35.6 Å². The number of anilines is 1. The van der Waals surface area contributed by atoms with E-state index in [0.717, 1.165) is 45.2 Å². The first-order chi connectivity index (χ1) is 12.3. The largest absolute Gasteiger partial charge is 0.416 e. The second-order valence-electron chi connectivity index (χ2n) is 6.80. The number of benzene rings is 1. The molecule has 1 saturated heterocycles. The number of rotatable bonds is 6. The van der Waals surface area contributed by atoms with Crippen LogP contribution >= 0.6 is 24.0 Å². The Bertz CT molecular complexity index is 599. The minimum Gasteiger partial charge on any atom is -0.370 e. The lowest BCUT2D eigenvalue weighted by Crippen LogP contribution is -2.46. The molecule has 0 amide bonds. The molecule has 1 aliphatic heterocycles. The highest BCUT2D eigenvalue weighted by Crippen LogP contribution is 2.31. The third-order valence-electron chi connectivity index (χ3n) is 4.26. The molecule has 0 unspecified atom stereocenters. The molecule has 9 heteroatoms. The summed E-state index contributed by atoms with van der Waals surface area (Å²) in [4.78, 5) is 8.60. The smallest absolute Gasteiger partial charge is 0.370 e. The Balaban J connectivity index is 0.00000364. The molecule has 27 heavy (non-hydrogen) atoms. The first-order valence-electron chi connectivity index (χ1n) is 8.96. The lowest BCUT2D eigenvalue weighted by atomic mass is 10.1. The summed E-state index contributed by atoms with van der Waals surface area (Å²) >= 11 is 0. The van der Waals surface area contributed by atoms with Gasteiger partial charge in [0.15, 0.2) is 5.96 Å². The Hall–Kier alpha value is -1.23.